The third-order valence-corrected chi connectivity index (χ3v) is 3.74. The molecule has 0 aromatic heterocycles. The Hall–Kier alpha value is -0.990. The highest BCUT2D eigenvalue weighted by molar-refractivity contribution is 9.10. The topological polar surface area (TPSA) is 3.24 Å². The lowest BCUT2D eigenvalue weighted by Gasteiger charge is -2.20. The lowest BCUT2D eigenvalue weighted by molar-refractivity contribution is 0.922. The molecule has 2 aromatic carbocycles. The molecule has 0 saturated carbocycles. The summed E-state index contributed by atoms with van der Waals surface area (Å²) in [4.78, 5) is 2.19. The minimum Gasteiger partial charge on any atom is -0.370 e. The molecule has 2 aromatic rings. The Kier molecular flexibility index (Phi) is 4.31. The fourth-order valence-corrected chi connectivity index (χ4v) is 2.53. The van der Waals surface area contributed by atoms with Crippen LogP contribution in [0.15, 0.2) is 46.9 Å². The minimum atomic E-state index is 0.795. The van der Waals surface area contributed by atoms with Gasteiger partial charge in [-0.1, -0.05) is 51.3 Å². The van der Waals surface area contributed by atoms with Gasteiger partial charge >= 0.3 is 0 Å². The average Bonchev–Trinajstić information content (AvgIpc) is 2.33. The molecule has 0 aliphatic heterocycles. The SMILES string of the molecule is Cc1ccc(N(C)Cc2ccc(Br)cc2Cl)cc1. The first-order valence-electron chi connectivity index (χ1n) is 5.78. The van der Waals surface area contributed by atoms with Gasteiger partial charge in [-0.25, -0.2) is 0 Å². The Bertz CT molecular complexity index is 537. The molecule has 0 aliphatic carbocycles. The van der Waals surface area contributed by atoms with E-state index in [4.69, 9.17) is 11.6 Å². The van der Waals surface area contributed by atoms with Gasteiger partial charge in [-0.05, 0) is 36.8 Å². The summed E-state index contributed by atoms with van der Waals surface area (Å²) >= 11 is 9.65. The zero-order valence-corrected chi connectivity index (χ0v) is 12.8. The van der Waals surface area contributed by atoms with E-state index in [1.165, 1.54) is 11.3 Å². The summed E-state index contributed by atoms with van der Waals surface area (Å²) in [5.74, 6) is 0. The van der Waals surface area contributed by atoms with Crippen molar-refractivity contribution in [2.75, 3.05) is 11.9 Å². The molecule has 0 radical (unpaired) electrons. The third kappa shape index (κ3) is 3.27. The van der Waals surface area contributed by atoms with Crippen LogP contribution in [-0.4, -0.2) is 7.05 Å². The molecule has 0 spiro atoms. The number of benzene rings is 2. The second-order valence-electron chi connectivity index (χ2n) is 4.43. The van der Waals surface area contributed by atoms with Crippen LogP contribution in [0.1, 0.15) is 11.1 Å². The molecule has 0 aliphatic rings. The van der Waals surface area contributed by atoms with Crippen molar-refractivity contribution in [1.82, 2.24) is 0 Å². The molecule has 94 valence electrons. The molecule has 0 unspecified atom stereocenters. The number of hydrogen-bond acceptors (Lipinski definition) is 1. The normalized spacial score (nSPS) is 10.4. The van der Waals surface area contributed by atoms with Crippen molar-refractivity contribution in [2.45, 2.75) is 13.5 Å². The molecular formula is C15H15BrClN. The molecule has 0 saturated heterocycles. The van der Waals surface area contributed by atoms with E-state index in [-0.39, 0.29) is 0 Å². The summed E-state index contributed by atoms with van der Waals surface area (Å²) in [6.45, 7) is 2.89. The zero-order valence-electron chi connectivity index (χ0n) is 10.5. The number of hydrogen-bond donors (Lipinski definition) is 0. The van der Waals surface area contributed by atoms with Crippen LogP contribution in [0.2, 0.25) is 5.02 Å². The highest BCUT2D eigenvalue weighted by atomic mass is 79.9. The van der Waals surface area contributed by atoms with Gasteiger partial charge in [-0.3, -0.25) is 0 Å². The van der Waals surface area contributed by atoms with Gasteiger partial charge in [0, 0.05) is 28.8 Å². The number of nitrogens with zero attached hydrogens (tertiary/aromatic N) is 1. The Morgan fingerprint density at radius 2 is 1.78 bits per heavy atom. The first-order valence-corrected chi connectivity index (χ1v) is 6.95. The predicted octanol–water partition coefficient (Wildman–Crippen LogP) is 5.05. The fraction of sp³-hybridized carbons (Fsp3) is 0.200. The van der Waals surface area contributed by atoms with Crippen LogP contribution in [0.25, 0.3) is 0 Å². The first-order chi connectivity index (χ1) is 8.56. The molecule has 0 bridgehead atoms. The molecule has 0 fully saturated rings. The van der Waals surface area contributed by atoms with Crippen LogP contribution in [0.5, 0.6) is 0 Å². The predicted molar refractivity (Wildman–Crippen MR) is 82.4 cm³/mol. The zero-order chi connectivity index (χ0) is 13.1. The van der Waals surface area contributed by atoms with Gasteiger partial charge in [0.1, 0.15) is 0 Å². The maximum absolute atomic E-state index is 6.23. The molecule has 2 rings (SSSR count). The molecular weight excluding hydrogens is 310 g/mol. The van der Waals surface area contributed by atoms with Crippen LogP contribution in [0.3, 0.4) is 0 Å². The van der Waals surface area contributed by atoms with Gasteiger partial charge < -0.3 is 4.90 Å². The van der Waals surface area contributed by atoms with E-state index in [0.29, 0.717) is 0 Å². The highest BCUT2D eigenvalue weighted by Crippen LogP contribution is 2.24. The molecule has 18 heavy (non-hydrogen) atoms. The Balaban J connectivity index is 2.15. The first kappa shape index (κ1) is 13.4. The van der Waals surface area contributed by atoms with Crippen LogP contribution in [-0.2, 0) is 6.54 Å². The van der Waals surface area contributed by atoms with Crippen LogP contribution in [0.4, 0.5) is 5.69 Å². The van der Waals surface area contributed by atoms with Crippen molar-refractivity contribution < 1.29 is 0 Å². The molecule has 0 heterocycles. The van der Waals surface area contributed by atoms with Gasteiger partial charge in [0.15, 0.2) is 0 Å². The summed E-state index contributed by atoms with van der Waals surface area (Å²) in [5.41, 5.74) is 3.59. The van der Waals surface area contributed by atoms with Crippen LogP contribution < -0.4 is 4.90 Å². The van der Waals surface area contributed by atoms with E-state index >= 15 is 0 Å². The summed E-state index contributed by atoms with van der Waals surface area (Å²) in [6, 6.07) is 14.5. The van der Waals surface area contributed by atoms with Gasteiger partial charge in [0.2, 0.25) is 0 Å². The number of halogens is 2. The van der Waals surface area contributed by atoms with E-state index in [1.807, 2.05) is 12.1 Å². The maximum Gasteiger partial charge on any atom is 0.0467 e. The van der Waals surface area contributed by atoms with Crippen LogP contribution in [0, 0.1) is 6.92 Å². The van der Waals surface area contributed by atoms with E-state index in [9.17, 15) is 0 Å². The Morgan fingerprint density at radius 3 is 2.39 bits per heavy atom. The van der Waals surface area contributed by atoms with Crippen molar-refractivity contribution in [3.05, 3.63) is 63.1 Å². The smallest absolute Gasteiger partial charge is 0.0467 e. The summed E-state index contributed by atoms with van der Waals surface area (Å²) in [6.07, 6.45) is 0. The standard InChI is InChI=1S/C15H15BrClN/c1-11-3-7-14(8-4-11)18(2)10-12-5-6-13(16)9-15(12)17/h3-9H,10H2,1-2H3. The summed E-state index contributed by atoms with van der Waals surface area (Å²) in [5, 5.41) is 0.795. The van der Waals surface area contributed by atoms with E-state index in [2.05, 4.69) is 65.1 Å². The van der Waals surface area contributed by atoms with E-state index in [1.54, 1.807) is 0 Å². The lowest BCUT2D eigenvalue weighted by Crippen LogP contribution is -2.16. The minimum absolute atomic E-state index is 0.795. The number of rotatable bonds is 3. The molecule has 3 heteroatoms. The van der Waals surface area contributed by atoms with Crippen molar-refractivity contribution in [3.63, 3.8) is 0 Å². The van der Waals surface area contributed by atoms with Crippen LogP contribution >= 0.6 is 27.5 Å². The lowest BCUT2D eigenvalue weighted by atomic mass is 10.2. The van der Waals surface area contributed by atoms with Crippen molar-refractivity contribution in [1.29, 1.82) is 0 Å². The number of anilines is 1. The second-order valence-corrected chi connectivity index (χ2v) is 5.75. The van der Waals surface area contributed by atoms with Crippen molar-refractivity contribution in [2.24, 2.45) is 0 Å². The van der Waals surface area contributed by atoms with E-state index in [0.717, 1.165) is 21.6 Å². The monoisotopic (exact) mass is 323 g/mol. The maximum atomic E-state index is 6.23. The molecule has 0 atom stereocenters. The van der Waals surface area contributed by atoms with E-state index < -0.39 is 0 Å². The molecule has 1 nitrogen and oxygen atoms in total. The molecule has 0 amide bonds. The van der Waals surface area contributed by atoms with Gasteiger partial charge in [0.25, 0.3) is 0 Å². The number of aryl methyl sites for hydroxylation is 1. The molecule has 0 N–H and O–H groups in total. The Morgan fingerprint density at radius 1 is 1.11 bits per heavy atom. The van der Waals surface area contributed by atoms with Crippen molar-refractivity contribution >= 4 is 33.2 Å². The largest absolute Gasteiger partial charge is 0.370 e. The fourth-order valence-electron chi connectivity index (χ4n) is 1.80. The third-order valence-electron chi connectivity index (χ3n) is 2.90. The van der Waals surface area contributed by atoms with Gasteiger partial charge in [-0.15, -0.1) is 0 Å². The summed E-state index contributed by atoms with van der Waals surface area (Å²) in [7, 11) is 2.07. The Labute approximate surface area is 122 Å². The summed E-state index contributed by atoms with van der Waals surface area (Å²) < 4.78 is 1.01. The van der Waals surface area contributed by atoms with Gasteiger partial charge in [-0.2, -0.15) is 0 Å². The quantitative estimate of drug-likeness (QED) is 0.764. The van der Waals surface area contributed by atoms with Crippen molar-refractivity contribution in [3.8, 4) is 0 Å². The highest BCUT2D eigenvalue weighted by Gasteiger charge is 2.05. The van der Waals surface area contributed by atoms with Gasteiger partial charge in [0.05, 0.1) is 0 Å². The average molecular weight is 325 g/mol. The second kappa shape index (κ2) is 5.77.